The Hall–Kier alpha value is -6.63. The highest BCUT2D eigenvalue weighted by atomic mass is 127. The van der Waals surface area contributed by atoms with Gasteiger partial charge in [0, 0.05) is 48.5 Å². The Morgan fingerprint density at radius 1 is 0.554 bits per heavy atom. The standard InChI is InChI=1S/C43H36S.C16H16.C12H16.H2IN/c1-6-13-32(7-2)43(29(5)34(8-3)41-35(15-12-18-39(41)43)30-22-20-28(4)21-23-30)33-26-24-31(25-27-33)36-16-11-17-38-37-14-9-10-19-40(37)44-42(36)38;1-11-8-9-13-12-6-4-5-7-14(12)16(2,3)15(13)10-11;1-4-5-11(3)12-8-6-10(2)7-9-12;1-2/h7-27H,2-3,6H2,1,4-5H3;4-10H,1-3H3;5-9H,4H2,1-3H3;2H2/b32-13+;;11-5+;. The Bertz CT molecular complexity index is 3580. The van der Waals surface area contributed by atoms with E-state index in [9.17, 15) is 0 Å². The van der Waals surface area contributed by atoms with Gasteiger partial charge in [-0.3, -0.25) is 3.95 Å². The number of halogens is 1. The lowest BCUT2D eigenvalue weighted by atomic mass is 9.66. The van der Waals surface area contributed by atoms with Gasteiger partial charge < -0.3 is 0 Å². The fraction of sp³-hybridized carbons (Fsp3) is 0.183. The third-order valence-corrected chi connectivity index (χ3v) is 16.4. The van der Waals surface area contributed by atoms with E-state index in [0.717, 1.165) is 12.8 Å². The summed E-state index contributed by atoms with van der Waals surface area (Å²) in [6.07, 6.45) is 10.8. The summed E-state index contributed by atoms with van der Waals surface area (Å²) in [5.41, 5.74) is 24.6. The minimum absolute atomic E-state index is 0.151. The molecule has 1 atom stereocenters. The van der Waals surface area contributed by atoms with Crippen molar-refractivity contribution in [1.82, 2.24) is 0 Å². The second-order valence-corrected chi connectivity index (χ2v) is 21.1. The quantitative estimate of drug-likeness (QED) is 0.0870. The first-order valence-electron chi connectivity index (χ1n) is 25.9. The second kappa shape index (κ2) is 23.3. The number of rotatable bonds is 9. The van der Waals surface area contributed by atoms with Crippen LogP contribution in [0.5, 0.6) is 0 Å². The van der Waals surface area contributed by atoms with E-state index in [0.29, 0.717) is 0 Å². The molecule has 9 aromatic rings. The topological polar surface area (TPSA) is 26.0 Å². The summed E-state index contributed by atoms with van der Waals surface area (Å²) in [4.78, 5) is 0. The van der Waals surface area contributed by atoms with Gasteiger partial charge in [0.2, 0.25) is 0 Å². The molecule has 0 spiro atoms. The van der Waals surface area contributed by atoms with E-state index in [1.54, 1.807) is 22.9 Å². The molecule has 0 saturated carbocycles. The lowest BCUT2D eigenvalue weighted by molar-refractivity contribution is 0.660. The largest absolute Gasteiger partial charge is 0.275 e. The predicted molar refractivity (Wildman–Crippen MR) is 336 cm³/mol. The molecule has 1 aromatic heterocycles. The summed E-state index contributed by atoms with van der Waals surface area (Å²) in [5, 5.41) is 2.65. The first-order valence-corrected chi connectivity index (χ1v) is 28.0. The van der Waals surface area contributed by atoms with Gasteiger partial charge >= 0.3 is 0 Å². The van der Waals surface area contributed by atoms with Gasteiger partial charge in [-0.25, -0.2) is 0 Å². The molecule has 11 rings (SSSR count). The summed E-state index contributed by atoms with van der Waals surface area (Å²) >= 11 is 3.53. The van der Waals surface area contributed by atoms with E-state index < -0.39 is 5.41 Å². The van der Waals surface area contributed by atoms with E-state index in [-0.39, 0.29) is 5.41 Å². The van der Waals surface area contributed by atoms with Gasteiger partial charge in [0.1, 0.15) is 0 Å². The Kier molecular flexibility index (Phi) is 16.9. The van der Waals surface area contributed by atoms with Crippen LogP contribution in [0, 0.1) is 20.8 Å². The molecule has 1 unspecified atom stereocenters. The fourth-order valence-electron chi connectivity index (χ4n) is 11.4. The van der Waals surface area contributed by atoms with Crippen LogP contribution in [0.25, 0.3) is 64.7 Å². The second-order valence-electron chi connectivity index (χ2n) is 20.1. The van der Waals surface area contributed by atoms with Crippen LogP contribution in [-0.4, -0.2) is 0 Å². The minimum Gasteiger partial charge on any atom is -0.275 e. The zero-order chi connectivity index (χ0) is 52.7. The minimum atomic E-state index is -0.459. The van der Waals surface area contributed by atoms with Crippen molar-refractivity contribution in [2.24, 2.45) is 3.95 Å². The van der Waals surface area contributed by atoms with E-state index in [2.05, 4.69) is 280 Å². The Morgan fingerprint density at radius 2 is 1.09 bits per heavy atom. The van der Waals surface area contributed by atoms with Gasteiger partial charge in [-0.15, -0.1) is 11.3 Å². The van der Waals surface area contributed by atoms with Gasteiger partial charge in [-0.2, -0.15) is 0 Å². The maximum Gasteiger partial charge on any atom is 0.0670 e. The highest BCUT2D eigenvalue weighted by Gasteiger charge is 2.46. The molecule has 1 heterocycles. The van der Waals surface area contributed by atoms with Crippen LogP contribution in [0.15, 0.2) is 225 Å². The molecule has 0 radical (unpaired) electrons. The van der Waals surface area contributed by atoms with Crippen LogP contribution in [0.2, 0.25) is 0 Å². The molecule has 372 valence electrons. The normalized spacial score (nSPS) is 15.2. The van der Waals surface area contributed by atoms with Gasteiger partial charge in [-0.05, 0) is 143 Å². The third kappa shape index (κ3) is 10.0. The highest BCUT2D eigenvalue weighted by Crippen LogP contribution is 2.57. The monoisotopic (exact) mass is 1100 g/mol. The lowest BCUT2D eigenvalue weighted by Crippen LogP contribution is -2.29. The van der Waals surface area contributed by atoms with Crippen molar-refractivity contribution in [1.29, 1.82) is 0 Å². The number of hydrogen-bond donors (Lipinski definition) is 1. The van der Waals surface area contributed by atoms with Crippen LogP contribution in [0.3, 0.4) is 0 Å². The maximum atomic E-state index is 4.47. The lowest BCUT2D eigenvalue weighted by Gasteiger charge is -2.36. The first kappa shape index (κ1) is 53.7. The summed E-state index contributed by atoms with van der Waals surface area (Å²) in [6.45, 7) is 28.5. The molecule has 0 amide bonds. The van der Waals surface area contributed by atoms with Crippen molar-refractivity contribution >= 4 is 65.5 Å². The Morgan fingerprint density at radius 3 is 1.77 bits per heavy atom. The molecule has 0 fully saturated rings. The molecule has 2 aliphatic carbocycles. The van der Waals surface area contributed by atoms with Crippen LogP contribution < -0.4 is 3.95 Å². The van der Waals surface area contributed by atoms with E-state index in [1.807, 2.05) is 11.3 Å². The summed E-state index contributed by atoms with van der Waals surface area (Å²) in [6, 6.07) is 64.6. The first-order chi connectivity index (χ1) is 35.9. The number of nitrogens with two attached hydrogens (primary N) is 1. The molecule has 0 bridgehead atoms. The maximum absolute atomic E-state index is 4.47. The van der Waals surface area contributed by atoms with Crippen molar-refractivity contribution in [2.45, 2.75) is 86.0 Å². The average molecular weight is 1100 g/mol. The summed E-state index contributed by atoms with van der Waals surface area (Å²) in [5.74, 6) is 0. The van der Waals surface area contributed by atoms with Crippen LogP contribution >= 0.6 is 34.2 Å². The highest BCUT2D eigenvalue weighted by molar-refractivity contribution is 14.1. The van der Waals surface area contributed by atoms with Crippen LogP contribution in [0.1, 0.15) is 104 Å². The Labute approximate surface area is 460 Å². The van der Waals surface area contributed by atoms with Crippen molar-refractivity contribution in [2.75, 3.05) is 0 Å². The van der Waals surface area contributed by atoms with E-state index in [4.69, 9.17) is 0 Å². The van der Waals surface area contributed by atoms with Gasteiger partial charge in [0.15, 0.2) is 0 Å². The van der Waals surface area contributed by atoms with Crippen LogP contribution in [0.4, 0.5) is 0 Å². The number of benzene rings is 8. The SMILES string of the molecule is C=CC1=C(C)C(/C(C=C)=C/CC)(c2ccc(-c3cccc4c3sc3ccccc34)cc2)c2cccc(-c3ccc(C)cc3)c21.CC/C=C(\C)c1ccc(C)cc1.Cc1ccc2c(c1)C(C)(C)c1ccccc1-2.NI. The van der Waals surface area contributed by atoms with E-state index >= 15 is 0 Å². The van der Waals surface area contributed by atoms with Crippen molar-refractivity contribution in [3.8, 4) is 33.4 Å². The zero-order valence-electron chi connectivity index (χ0n) is 44.7. The number of aryl methyl sites for hydroxylation is 3. The fourth-order valence-corrected chi connectivity index (χ4v) is 12.7. The summed E-state index contributed by atoms with van der Waals surface area (Å²) < 4.78 is 7.14. The van der Waals surface area contributed by atoms with Gasteiger partial charge in [0.25, 0.3) is 0 Å². The molecule has 0 aliphatic heterocycles. The number of hydrogen-bond acceptors (Lipinski definition) is 2. The molecule has 8 aromatic carbocycles. The third-order valence-electron chi connectivity index (χ3n) is 15.1. The average Bonchev–Trinajstić information content (AvgIpc) is 4.02. The molecule has 2 N–H and O–H groups in total. The number of thiophene rings is 1. The molecule has 1 nitrogen and oxygen atoms in total. The predicted octanol–water partition coefficient (Wildman–Crippen LogP) is 20.9. The van der Waals surface area contributed by atoms with Crippen molar-refractivity contribution in [3.63, 3.8) is 0 Å². The van der Waals surface area contributed by atoms with Crippen molar-refractivity contribution < 1.29 is 0 Å². The summed E-state index contributed by atoms with van der Waals surface area (Å²) in [7, 11) is 0. The van der Waals surface area contributed by atoms with Gasteiger partial charge in [-0.1, -0.05) is 252 Å². The van der Waals surface area contributed by atoms with Gasteiger partial charge in [0.05, 0.1) is 5.41 Å². The van der Waals surface area contributed by atoms with Crippen LogP contribution in [-0.2, 0) is 10.8 Å². The number of fused-ring (bicyclic) bond motifs is 7. The zero-order valence-corrected chi connectivity index (χ0v) is 47.7. The Balaban J connectivity index is 0.000000197. The molecular weight excluding hydrogens is 1030 g/mol. The molecule has 74 heavy (non-hydrogen) atoms. The molecule has 2 aliphatic rings. The van der Waals surface area contributed by atoms with Crippen molar-refractivity contribution in [3.05, 3.63) is 275 Å². The number of allylic oxidation sites excluding steroid dienone is 8. The smallest absolute Gasteiger partial charge is 0.0670 e. The van der Waals surface area contributed by atoms with E-state index in [1.165, 1.54) is 126 Å². The molecule has 3 heteroatoms. The molecular formula is C71H70INS. The molecule has 0 saturated heterocycles.